The summed E-state index contributed by atoms with van der Waals surface area (Å²) >= 11 is 0. The van der Waals surface area contributed by atoms with Crippen LogP contribution in [0.25, 0.3) is 11.2 Å². The quantitative estimate of drug-likeness (QED) is 0.566. The van der Waals surface area contributed by atoms with Crippen molar-refractivity contribution in [3.8, 4) is 0 Å². The summed E-state index contributed by atoms with van der Waals surface area (Å²) < 4.78 is 19.1. The van der Waals surface area contributed by atoms with Crippen LogP contribution >= 0.6 is 0 Å². The highest BCUT2D eigenvalue weighted by Gasteiger charge is 2.47. The van der Waals surface area contributed by atoms with Gasteiger partial charge in [-0.2, -0.15) is 5.10 Å². The molecule has 11 heteroatoms. The van der Waals surface area contributed by atoms with Crippen LogP contribution in [-0.2, 0) is 4.74 Å². The molecule has 1 spiro atoms. The molecule has 4 aliphatic rings. The lowest BCUT2D eigenvalue weighted by molar-refractivity contribution is 0.0974. The Morgan fingerprint density at radius 2 is 2.11 bits per heavy atom. The number of allylic oxidation sites excluding steroid dienone is 1. The number of likely N-dealkylation sites (N-methyl/N-ethyl adjacent to an activating group) is 1. The molecule has 1 unspecified atom stereocenters. The number of hydrogen-bond acceptors (Lipinski definition) is 9. The third-order valence-electron chi connectivity index (χ3n) is 8.61. The summed E-state index contributed by atoms with van der Waals surface area (Å²) in [4.78, 5) is 16.3. The third kappa shape index (κ3) is 3.84. The van der Waals surface area contributed by atoms with Crippen molar-refractivity contribution >= 4 is 22.8 Å². The fourth-order valence-electron chi connectivity index (χ4n) is 6.24. The van der Waals surface area contributed by atoms with Gasteiger partial charge in [0.25, 0.3) is 0 Å². The molecule has 3 atom stereocenters. The zero-order valence-electron chi connectivity index (χ0n) is 21.1. The van der Waals surface area contributed by atoms with Crippen LogP contribution in [0.5, 0.6) is 0 Å². The van der Waals surface area contributed by atoms with Crippen molar-refractivity contribution in [1.82, 2.24) is 30.4 Å². The highest BCUT2D eigenvalue weighted by molar-refractivity contribution is 5.85. The van der Waals surface area contributed by atoms with E-state index < -0.39 is 0 Å². The summed E-state index contributed by atoms with van der Waals surface area (Å²) in [7, 11) is 1.95. The lowest BCUT2D eigenvalue weighted by Gasteiger charge is -2.41. The number of halogens is 1. The Morgan fingerprint density at radius 3 is 2.83 bits per heavy atom. The van der Waals surface area contributed by atoms with Gasteiger partial charge in [0.15, 0.2) is 17.0 Å². The van der Waals surface area contributed by atoms with Gasteiger partial charge in [0.2, 0.25) is 0 Å². The molecule has 194 valence electrons. The maximum atomic E-state index is 13.2. The minimum Gasteiger partial charge on any atom is -0.376 e. The first kappa shape index (κ1) is 23.6. The predicted molar refractivity (Wildman–Crippen MR) is 137 cm³/mol. The molecule has 36 heavy (non-hydrogen) atoms. The van der Waals surface area contributed by atoms with Crippen LogP contribution in [-0.4, -0.2) is 96.3 Å². The molecule has 2 aromatic heterocycles. The molecule has 6 rings (SSSR count). The molecule has 10 nitrogen and oxygen atoms in total. The van der Waals surface area contributed by atoms with Gasteiger partial charge in [-0.15, -0.1) is 0 Å². The lowest BCUT2D eigenvalue weighted by atomic mass is 9.73. The van der Waals surface area contributed by atoms with Crippen LogP contribution in [0.3, 0.4) is 0 Å². The van der Waals surface area contributed by atoms with E-state index in [9.17, 15) is 4.39 Å². The van der Waals surface area contributed by atoms with Gasteiger partial charge in [-0.25, -0.2) is 14.4 Å². The van der Waals surface area contributed by atoms with Gasteiger partial charge in [0, 0.05) is 62.3 Å². The monoisotopic (exact) mass is 497 g/mol. The van der Waals surface area contributed by atoms with Crippen molar-refractivity contribution in [3.63, 3.8) is 0 Å². The Bertz CT molecular complexity index is 1170. The van der Waals surface area contributed by atoms with Crippen LogP contribution in [0.1, 0.15) is 26.2 Å². The fourth-order valence-corrected chi connectivity index (χ4v) is 6.24. The number of nitrogens with zero attached hydrogens (tertiary/aromatic N) is 6. The molecule has 1 aliphatic carbocycles. The van der Waals surface area contributed by atoms with Crippen molar-refractivity contribution in [2.75, 3.05) is 62.9 Å². The number of aromatic amines is 1. The van der Waals surface area contributed by atoms with Gasteiger partial charge in [-0.1, -0.05) is 6.08 Å². The molecule has 0 bridgehead atoms. The van der Waals surface area contributed by atoms with Crippen LogP contribution in [0.2, 0.25) is 0 Å². The van der Waals surface area contributed by atoms with E-state index in [0.717, 1.165) is 74.1 Å². The number of ether oxygens (including phenoxy) is 1. The van der Waals surface area contributed by atoms with Crippen LogP contribution in [0, 0.1) is 5.41 Å². The molecule has 0 aromatic carbocycles. The van der Waals surface area contributed by atoms with Crippen LogP contribution in [0.4, 0.5) is 16.0 Å². The predicted octanol–water partition coefficient (Wildman–Crippen LogP) is 1.54. The van der Waals surface area contributed by atoms with Crippen LogP contribution in [0.15, 0.2) is 29.7 Å². The zero-order valence-corrected chi connectivity index (χ0v) is 21.1. The second-order valence-electron chi connectivity index (χ2n) is 10.5. The Labute approximate surface area is 210 Å². The van der Waals surface area contributed by atoms with E-state index in [1.54, 1.807) is 0 Å². The van der Waals surface area contributed by atoms with E-state index in [1.165, 1.54) is 0 Å². The Hall–Kier alpha value is -2.76. The topological polar surface area (TPSA) is 111 Å². The van der Waals surface area contributed by atoms with E-state index in [0.29, 0.717) is 18.7 Å². The van der Waals surface area contributed by atoms with Gasteiger partial charge in [0.05, 0.1) is 24.6 Å². The lowest BCUT2D eigenvalue weighted by Crippen LogP contribution is -2.50. The Kier molecular flexibility index (Phi) is 6.09. The van der Waals surface area contributed by atoms with E-state index >= 15 is 0 Å². The number of alkyl halides is 1. The Morgan fingerprint density at radius 1 is 1.28 bits per heavy atom. The number of anilines is 2. The molecule has 2 fully saturated rings. The number of rotatable bonds is 5. The summed E-state index contributed by atoms with van der Waals surface area (Å²) in [6.07, 6.45) is 9.06. The summed E-state index contributed by atoms with van der Waals surface area (Å²) in [5, 5.41) is 11.1. The smallest absolute Gasteiger partial charge is 0.183 e. The number of hydrogen-bond donors (Lipinski definition) is 3. The summed E-state index contributed by atoms with van der Waals surface area (Å²) in [5.74, 6) is 1.62. The summed E-state index contributed by atoms with van der Waals surface area (Å²) in [6, 6.07) is 0.325. The molecule has 2 saturated heterocycles. The fraction of sp³-hybridized carbons (Fsp3) is 0.640. The highest BCUT2D eigenvalue weighted by Crippen LogP contribution is 2.42. The largest absolute Gasteiger partial charge is 0.376 e. The maximum Gasteiger partial charge on any atom is 0.183 e. The SMILES string of the molecule is CNC1C=CC2=C(C1)N(CCF)CCN2c1n[nH]c2nc(N3CCC4(CC3)CO[C@@H](C)[C@H]4N)cnc12. The standard InChI is InChI=1S/C25H36FN9O/c1-16-22(27)25(15-36-16)5-8-34(9-6-25)20-14-29-21-23(30-20)31-32-24(21)35-12-11-33(10-7-26)19-13-17(28-2)3-4-18(19)35/h3-4,14,16-17,22,28H,5-13,15,27H2,1-2H3,(H,30,31,32)/t16-,17?,22+/m0/s1. The van der Waals surface area contributed by atoms with E-state index in [1.807, 2.05) is 13.2 Å². The second-order valence-corrected chi connectivity index (χ2v) is 10.5. The third-order valence-corrected chi connectivity index (χ3v) is 8.61. The van der Waals surface area contributed by atoms with Crippen molar-refractivity contribution in [2.24, 2.45) is 11.1 Å². The highest BCUT2D eigenvalue weighted by atomic mass is 19.1. The summed E-state index contributed by atoms with van der Waals surface area (Å²) in [6.45, 7) is 6.10. The molecular formula is C25H36FN9O. The molecule has 0 radical (unpaired) electrons. The van der Waals surface area contributed by atoms with Crippen molar-refractivity contribution < 1.29 is 9.13 Å². The second kappa shape index (κ2) is 9.28. The normalized spacial score (nSPS) is 28.0. The first-order chi connectivity index (χ1) is 17.5. The number of fused-ring (bicyclic) bond motifs is 1. The average Bonchev–Trinajstić information content (AvgIpc) is 3.45. The van der Waals surface area contributed by atoms with Gasteiger partial charge in [-0.05, 0) is 32.9 Å². The zero-order chi connectivity index (χ0) is 24.9. The average molecular weight is 498 g/mol. The van der Waals surface area contributed by atoms with Crippen molar-refractivity contribution in [2.45, 2.75) is 44.4 Å². The summed E-state index contributed by atoms with van der Waals surface area (Å²) in [5.41, 5.74) is 10.2. The number of piperidine rings is 1. The van der Waals surface area contributed by atoms with Crippen molar-refractivity contribution in [1.29, 1.82) is 0 Å². The first-order valence-electron chi connectivity index (χ1n) is 13.0. The molecular weight excluding hydrogens is 461 g/mol. The molecule has 4 N–H and O–H groups in total. The van der Waals surface area contributed by atoms with Gasteiger partial charge in [0.1, 0.15) is 12.5 Å². The van der Waals surface area contributed by atoms with Gasteiger partial charge >= 0.3 is 0 Å². The molecule has 5 heterocycles. The van der Waals surface area contributed by atoms with E-state index in [2.05, 4.69) is 49.3 Å². The number of H-pyrrole nitrogens is 1. The minimum absolute atomic E-state index is 0.0736. The molecule has 3 aliphatic heterocycles. The van der Waals surface area contributed by atoms with Crippen molar-refractivity contribution in [3.05, 3.63) is 29.7 Å². The number of nitrogens with one attached hydrogen (secondary N) is 2. The van der Waals surface area contributed by atoms with Gasteiger partial charge < -0.3 is 30.5 Å². The van der Waals surface area contributed by atoms with E-state index in [4.69, 9.17) is 20.4 Å². The minimum atomic E-state index is -0.361. The molecule has 2 aromatic rings. The van der Waals surface area contributed by atoms with E-state index in [-0.39, 0.29) is 30.3 Å². The van der Waals surface area contributed by atoms with Crippen LogP contribution < -0.4 is 20.9 Å². The first-order valence-corrected chi connectivity index (χ1v) is 13.0. The van der Waals surface area contributed by atoms with Gasteiger partial charge in [-0.3, -0.25) is 5.10 Å². The number of nitrogens with two attached hydrogens (primary N) is 1. The molecule has 0 saturated carbocycles. The molecule has 0 amide bonds. The number of aromatic nitrogens is 4. The maximum absolute atomic E-state index is 13.2. The Balaban J connectivity index is 1.24.